The molecular weight excluding hydrogens is 331 g/mol. The van der Waals surface area contributed by atoms with Crippen molar-refractivity contribution < 1.29 is 4.74 Å². The Morgan fingerprint density at radius 2 is 2.35 bits per heavy atom. The van der Waals surface area contributed by atoms with Crippen LogP contribution in [-0.4, -0.2) is 30.7 Å². The largest absolute Gasteiger partial charge is 0.493 e. The minimum atomic E-state index is 0.140. The summed E-state index contributed by atoms with van der Waals surface area (Å²) < 4.78 is 8.94. The molecule has 3 rings (SSSR count). The number of halogens is 1. The minimum Gasteiger partial charge on any atom is -0.493 e. The predicted octanol–water partition coefficient (Wildman–Crippen LogP) is 2.04. The van der Waals surface area contributed by atoms with E-state index in [0.717, 1.165) is 35.4 Å². The van der Waals surface area contributed by atoms with Gasteiger partial charge in [-0.15, -0.1) is 5.10 Å². The number of ether oxygens (including phenoxy) is 1. The average molecular weight is 346 g/mol. The van der Waals surface area contributed by atoms with E-state index in [1.165, 1.54) is 5.57 Å². The summed E-state index contributed by atoms with van der Waals surface area (Å²) >= 11 is 2.37. The second kappa shape index (κ2) is 3.93. The van der Waals surface area contributed by atoms with E-state index in [1.54, 1.807) is 0 Å². The Morgan fingerprint density at radius 1 is 1.53 bits per heavy atom. The quantitative estimate of drug-likeness (QED) is 0.577. The molecule has 1 aromatic heterocycles. The lowest BCUT2D eigenvalue weighted by Crippen LogP contribution is -2.22. The van der Waals surface area contributed by atoms with Crippen LogP contribution in [0.3, 0.4) is 0 Å². The van der Waals surface area contributed by atoms with Crippen molar-refractivity contribution in [2.24, 2.45) is 5.41 Å². The second-order valence-electron chi connectivity index (χ2n) is 5.50. The van der Waals surface area contributed by atoms with Crippen molar-refractivity contribution in [2.45, 2.75) is 39.3 Å². The first-order valence-corrected chi connectivity index (χ1v) is 7.33. The van der Waals surface area contributed by atoms with Gasteiger partial charge in [-0.3, -0.25) is 0 Å². The molecule has 2 aliphatic heterocycles. The molecule has 0 bridgehead atoms. The van der Waals surface area contributed by atoms with Gasteiger partial charge in [0.15, 0.2) is 5.82 Å². The van der Waals surface area contributed by atoms with Crippen molar-refractivity contribution in [1.82, 2.24) is 20.2 Å². The summed E-state index contributed by atoms with van der Waals surface area (Å²) in [5, 5.41) is 12.0. The maximum Gasteiger partial charge on any atom is 0.181 e. The number of aromatic nitrogens is 4. The molecule has 1 atom stereocenters. The summed E-state index contributed by atoms with van der Waals surface area (Å²) in [7, 11) is 0. The third kappa shape index (κ3) is 1.96. The van der Waals surface area contributed by atoms with Crippen molar-refractivity contribution in [3.8, 4) is 0 Å². The number of alkyl halides is 1. The Hall–Kier alpha value is -0.660. The van der Waals surface area contributed by atoms with Crippen LogP contribution in [0, 0.1) is 5.41 Å². The van der Waals surface area contributed by atoms with E-state index in [9.17, 15) is 0 Å². The monoisotopic (exact) mass is 346 g/mol. The van der Waals surface area contributed by atoms with Crippen molar-refractivity contribution >= 4 is 28.2 Å². The second-order valence-corrected chi connectivity index (χ2v) is 6.38. The van der Waals surface area contributed by atoms with Crippen LogP contribution in [-0.2, 0) is 11.3 Å². The van der Waals surface area contributed by atoms with Crippen LogP contribution in [0.4, 0.5) is 0 Å². The van der Waals surface area contributed by atoms with Crippen LogP contribution in [0.2, 0.25) is 0 Å². The third-order valence-electron chi connectivity index (χ3n) is 3.27. The molecule has 0 aromatic carbocycles. The zero-order valence-corrected chi connectivity index (χ0v) is 12.1. The average Bonchev–Trinajstić information content (AvgIpc) is 2.81. The molecule has 0 spiro atoms. The molecule has 5 nitrogen and oxygen atoms in total. The highest BCUT2D eigenvalue weighted by Crippen LogP contribution is 2.42. The Morgan fingerprint density at radius 3 is 3.12 bits per heavy atom. The summed E-state index contributed by atoms with van der Waals surface area (Å²) in [6.45, 7) is 5.31. The maximum absolute atomic E-state index is 6.02. The smallest absolute Gasteiger partial charge is 0.181 e. The van der Waals surface area contributed by atoms with Gasteiger partial charge in [-0.2, -0.15) is 0 Å². The topological polar surface area (TPSA) is 52.8 Å². The normalized spacial score (nSPS) is 26.2. The summed E-state index contributed by atoms with van der Waals surface area (Å²) in [6, 6.07) is 0. The van der Waals surface area contributed by atoms with Crippen molar-refractivity contribution in [3.05, 3.63) is 11.6 Å². The zero-order chi connectivity index (χ0) is 12.0. The lowest BCUT2D eigenvalue weighted by molar-refractivity contribution is 0.134. The molecule has 0 fully saturated rings. The Balaban J connectivity index is 2.05. The molecule has 3 heterocycles. The van der Waals surface area contributed by atoms with E-state index < -0.39 is 0 Å². The first kappa shape index (κ1) is 11.4. The molecule has 1 aromatic rings. The van der Waals surface area contributed by atoms with Gasteiger partial charge in [0, 0.05) is 22.8 Å². The van der Waals surface area contributed by atoms with Crippen molar-refractivity contribution in [2.75, 3.05) is 4.43 Å². The first-order chi connectivity index (χ1) is 8.09. The number of tetrazole rings is 1. The maximum atomic E-state index is 6.02. The summed E-state index contributed by atoms with van der Waals surface area (Å²) in [6.07, 6.45) is 2.19. The fourth-order valence-corrected chi connectivity index (χ4v) is 3.02. The standard InChI is InChI=1S/C11H15IN4O/c1-11(2)4-9-8(3-7(5-12)17-9)10-13-14-15-16(10)6-11/h7H,3-6H2,1-2H3. The van der Waals surface area contributed by atoms with Gasteiger partial charge in [-0.1, -0.05) is 36.4 Å². The lowest BCUT2D eigenvalue weighted by Gasteiger charge is -2.23. The zero-order valence-electron chi connectivity index (χ0n) is 9.98. The molecular formula is C11H15IN4O. The van der Waals surface area contributed by atoms with Gasteiger partial charge in [-0.05, 0) is 15.8 Å². The molecule has 0 radical (unpaired) electrons. The Bertz CT molecular complexity index is 480. The minimum absolute atomic E-state index is 0.140. The van der Waals surface area contributed by atoms with Gasteiger partial charge in [0.2, 0.25) is 0 Å². The van der Waals surface area contributed by atoms with Crippen LogP contribution < -0.4 is 0 Å². The Labute approximate surface area is 114 Å². The summed E-state index contributed by atoms with van der Waals surface area (Å²) in [5.41, 5.74) is 1.35. The van der Waals surface area contributed by atoms with Crippen molar-refractivity contribution in [3.63, 3.8) is 0 Å². The molecule has 0 amide bonds. The molecule has 92 valence electrons. The molecule has 0 saturated heterocycles. The fourth-order valence-electron chi connectivity index (χ4n) is 2.53. The number of hydrogen-bond acceptors (Lipinski definition) is 4. The van der Waals surface area contributed by atoms with Gasteiger partial charge in [0.25, 0.3) is 0 Å². The van der Waals surface area contributed by atoms with Gasteiger partial charge < -0.3 is 4.74 Å². The molecule has 1 unspecified atom stereocenters. The number of nitrogens with zero attached hydrogens (tertiary/aromatic N) is 4. The van der Waals surface area contributed by atoms with Crippen molar-refractivity contribution in [1.29, 1.82) is 0 Å². The number of hydrogen-bond donors (Lipinski definition) is 0. The van der Waals surface area contributed by atoms with Gasteiger partial charge in [0.1, 0.15) is 11.9 Å². The number of allylic oxidation sites excluding steroid dienone is 1. The van der Waals surface area contributed by atoms with Gasteiger partial charge >= 0.3 is 0 Å². The number of fused-ring (bicyclic) bond motifs is 2. The van der Waals surface area contributed by atoms with E-state index >= 15 is 0 Å². The summed E-state index contributed by atoms with van der Waals surface area (Å²) in [4.78, 5) is 0. The molecule has 0 N–H and O–H groups in total. The van der Waals surface area contributed by atoms with Gasteiger partial charge in [0.05, 0.1) is 6.54 Å². The van der Waals surface area contributed by atoms with E-state index in [0.29, 0.717) is 6.10 Å². The van der Waals surface area contributed by atoms with Crippen LogP contribution in [0.5, 0.6) is 0 Å². The fraction of sp³-hybridized carbons (Fsp3) is 0.727. The van der Waals surface area contributed by atoms with Crippen LogP contribution in [0.25, 0.3) is 5.57 Å². The van der Waals surface area contributed by atoms with Crippen LogP contribution in [0.15, 0.2) is 5.76 Å². The highest BCUT2D eigenvalue weighted by atomic mass is 127. The molecule has 2 aliphatic rings. The lowest BCUT2D eigenvalue weighted by atomic mass is 9.88. The highest BCUT2D eigenvalue weighted by Gasteiger charge is 2.36. The SMILES string of the molecule is CC1(C)CC2=C(CC(CI)O2)c2nnnn2C1. The van der Waals surface area contributed by atoms with E-state index in [1.807, 2.05) is 4.68 Å². The van der Waals surface area contributed by atoms with Gasteiger partial charge in [-0.25, -0.2) is 4.68 Å². The molecule has 0 aliphatic carbocycles. The van der Waals surface area contributed by atoms with E-state index in [2.05, 4.69) is 52.0 Å². The Kier molecular flexibility index (Phi) is 2.64. The first-order valence-electron chi connectivity index (χ1n) is 5.80. The third-order valence-corrected chi connectivity index (χ3v) is 4.25. The highest BCUT2D eigenvalue weighted by molar-refractivity contribution is 14.1. The number of rotatable bonds is 1. The van der Waals surface area contributed by atoms with Crippen LogP contribution >= 0.6 is 22.6 Å². The molecule has 0 saturated carbocycles. The van der Waals surface area contributed by atoms with Crippen LogP contribution in [0.1, 0.15) is 32.5 Å². The molecule has 17 heavy (non-hydrogen) atoms. The van der Waals surface area contributed by atoms with E-state index in [-0.39, 0.29) is 5.41 Å². The molecule has 6 heteroatoms. The van der Waals surface area contributed by atoms with E-state index in [4.69, 9.17) is 4.74 Å². The predicted molar refractivity (Wildman–Crippen MR) is 71.5 cm³/mol. The summed E-state index contributed by atoms with van der Waals surface area (Å²) in [5.74, 6) is 2.00.